The van der Waals surface area contributed by atoms with Gasteiger partial charge in [0.05, 0.1) is 0 Å². The average Bonchev–Trinajstić information content (AvgIpc) is 2.77. The van der Waals surface area contributed by atoms with E-state index in [4.69, 9.17) is 15.6 Å². The first kappa shape index (κ1) is 13.3. The van der Waals surface area contributed by atoms with Crippen molar-refractivity contribution in [1.29, 1.82) is 0 Å². The highest BCUT2D eigenvalue weighted by atomic mass is 16.5. The van der Waals surface area contributed by atoms with E-state index in [1.54, 1.807) is 0 Å². The van der Waals surface area contributed by atoms with Gasteiger partial charge in [0.2, 0.25) is 5.66 Å². The maximum atomic E-state index is 10.8. The van der Waals surface area contributed by atoms with Crippen molar-refractivity contribution in [3.63, 3.8) is 0 Å². The summed E-state index contributed by atoms with van der Waals surface area (Å²) in [5.41, 5.74) is 4.08. The molecule has 1 aliphatic rings. The van der Waals surface area contributed by atoms with Crippen LogP contribution in [0.15, 0.2) is 20.7 Å². The number of aldehydes is 1. The molecule has 1 unspecified atom stereocenters. The Labute approximate surface area is 96.7 Å². The highest BCUT2D eigenvalue weighted by Crippen LogP contribution is 2.30. The highest BCUT2D eigenvalue weighted by molar-refractivity contribution is 5.73. The first-order valence-electron chi connectivity index (χ1n) is 4.86. The molecular formula is C8H13N5O4. The van der Waals surface area contributed by atoms with Gasteiger partial charge >= 0.3 is 5.97 Å². The summed E-state index contributed by atoms with van der Waals surface area (Å²) >= 11 is 0. The van der Waals surface area contributed by atoms with E-state index in [0.717, 1.165) is 0 Å². The fraction of sp³-hybridized carbons (Fsp3) is 0.750. The third-order valence-corrected chi connectivity index (χ3v) is 2.45. The predicted octanol–water partition coefficient (Wildman–Crippen LogP) is -0.0783. The van der Waals surface area contributed by atoms with E-state index >= 15 is 0 Å². The molecule has 0 saturated heterocycles. The molecule has 0 aliphatic carbocycles. The number of aliphatic carboxylic acids is 1. The molecule has 1 heterocycles. The predicted molar refractivity (Wildman–Crippen MR) is 54.1 cm³/mol. The zero-order valence-corrected chi connectivity index (χ0v) is 9.18. The van der Waals surface area contributed by atoms with Gasteiger partial charge in [-0.05, 0) is 16.9 Å². The van der Waals surface area contributed by atoms with E-state index in [2.05, 4.69) is 20.7 Å². The number of rotatable bonds is 7. The molecule has 0 amide bonds. The number of nitrogens with zero attached hydrogens (tertiary/aromatic N) is 4. The zero-order valence-electron chi connectivity index (χ0n) is 9.18. The first-order chi connectivity index (χ1) is 8.05. The second-order valence-corrected chi connectivity index (χ2v) is 3.53. The third-order valence-electron chi connectivity index (χ3n) is 2.45. The molecule has 17 heavy (non-hydrogen) atoms. The molecule has 1 rings (SSSR count). The number of carbonyl (C=O) groups is 2. The molecule has 0 fully saturated rings. The van der Waals surface area contributed by atoms with Crippen LogP contribution in [0.1, 0.15) is 12.8 Å². The Morgan fingerprint density at radius 1 is 1.53 bits per heavy atom. The molecule has 0 aromatic rings. The van der Waals surface area contributed by atoms with Crippen molar-refractivity contribution in [3.8, 4) is 0 Å². The van der Waals surface area contributed by atoms with Gasteiger partial charge in [-0.2, -0.15) is 0 Å². The minimum Gasteiger partial charge on any atom is -0.480 e. The largest absolute Gasteiger partial charge is 0.480 e. The lowest BCUT2D eigenvalue weighted by molar-refractivity contribution is -0.138. The molecule has 0 bridgehead atoms. The van der Waals surface area contributed by atoms with Gasteiger partial charge in [0.25, 0.3) is 0 Å². The Bertz CT molecular complexity index is 344. The van der Waals surface area contributed by atoms with Crippen LogP contribution in [0.2, 0.25) is 0 Å². The number of hydrogen-bond donors (Lipinski definition) is 2. The van der Waals surface area contributed by atoms with Crippen molar-refractivity contribution in [2.75, 3.05) is 7.11 Å². The number of carboxylic acids is 1. The van der Waals surface area contributed by atoms with E-state index in [1.165, 1.54) is 7.11 Å². The Morgan fingerprint density at radius 3 is 2.53 bits per heavy atom. The van der Waals surface area contributed by atoms with Gasteiger partial charge in [-0.3, -0.25) is 4.79 Å². The van der Waals surface area contributed by atoms with Crippen LogP contribution in [0.4, 0.5) is 0 Å². The average molecular weight is 243 g/mol. The topological polar surface area (TPSA) is 139 Å². The fourth-order valence-electron chi connectivity index (χ4n) is 1.42. The normalized spacial score (nSPS) is 20.1. The minimum atomic E-state index is -1.29. The number of nitrogens with two attached hydrogens (primary N) is 1. The first-order valence-corrected chi connectivity index (χ1v) is 4.86. The van der Waals surface area contributed by atoms with Gasteiger partial charge in [-0.25, -0.2) is 0 Å². The van der Waals surface area contributed by atoms with Gasteiger partial charge < -0.3 is 20.4 Å². The molecule has 0 spiro atoms. The Kier molecular flexibility index (Phi) is 4.35. The van der Waals surface area contributed by atoms with E-state index in [0.29, 0.717) is 6.29 Å². The number of carboxylic acid groups (broad SMARTS) is 1. The monoisotopic (exact) mass is 243 g/mol. The third kappa shape index (κ3) is 2.88. The molecule has 0 aromatic heterocycles. The number of hydrogen-bond acceptors (Lipinski definition) is 8. The molecular weight excluding hydrogens is 230 g/mol. The summed E-state index contributed by atoms with van der Waals surface area (Å²) in [5.74, 6) is -1.13. The van der Waals surface area contributed by atoms with E-state index in [9.17, 15) is 9.59 Å². The van der Waals surface area contributed by atoms with Gasteiger partial charge in [-0.15, -0.1) is 10.2 Å². The van der Waals surface area contributed by atoms with Crippen LogP contribution in [-0.2, 0) is 14.3 Å². The number of methoxy groups -OCH3 is 1. The summed E-state index contributed by atoms with van der Waals surface area (Å²) in [4.78, 5) is 21.4. The maximum absolute atomic E-state index is 10.8. The quantitative estimate of drug-likeness (QED) is 0.602. The van der Waals surface area contributed by atoms with Crippen LogP contribution in [0.3, 0.4) is 0 Å². The van der Waals surface area contributed by atoms with E-state index in [1.807, 2.05) is 0 Å². The lowest BCUT2D eigenvalue weighted by Crippen LogP contribution is -2.42. The second kappa shape index (κ2) is 5.55. The lowest BCUT2D eigenvalue weighted by Gasteiger charge is -2.24. The molecule has 3 N–H and O–H groups in total. The van der Waals surface area contributed by atoms with Crippen molar-refractivity contribution < 1.29 is 19.4 Å². The van der Waals surface area contributed by atoms with Crippen LogP contribution in [0.25, 0.3) is 0 Å². The number of ether oxygens (including phenoxy) is 1. The standard InChI is InChI=1S/C8H13N5O4/c1-17-6(4-14)8(10-12-13-11-8)3-2-5(9)7(15)16/h4-6H,2-3,9H2,1H3,(H,15,16)/t5-,6?/m0/s1. The smallest absolute Gasteiger partial charge is 0.320 e. The van der Waals surface area contributed by atoms with Crippen LogP contribution in [-0.4, -0.2) is 42.3 Å². The summed E-state index contributed by atoms with van der Waals surface area (Å²) in [5, 5.41) is 22.8. The van der Waals surface area contributed by atoms with Crippen molar-refractivity contribution in [2.24, 2.45) is 26.4 Å². The van der Waals surface area contributed by atoms with Gasteiger partial charge in [0, 0.05) is 13.5 Å². The molecule has 9 nitrogen and oxygen atoms in total. The molecule has 9 heteroatoms. The van der Waals surface area contributed by atoms with Crippen LogP contribution < -0.4 is 5.73 Å². The van der Waals surface area contributed by atoms with E-state index < -0.39 is 23.8 Å². The fourth-order valence-corrected chi connectivity index (χ4v) is 1.42. The summed E-state index contributed by atoms with van der Waals surface area (Å²) in [7, 11) is 1.32. The van der Waals surface area contributed by atoms with Crippen molar-refractivity contribution in [1.82, 2.24) is 0 Å². The summed E-state index contributed by atoms with van der Waals surface area (Å²) in [6, 6.07) is -1.05. The Morgan fingerprint density at radius 2 is 2.12 bits per heavy atom. The van der Waals surface area contributed by atoms with Crippen molar-refractivity contribution in [3.05, 3.63) is 0 Å². The minimum absolute atomic E-state index is 0.0844. The molecule has 0 radical (unpaired) electrons. The summed E-state index contributed by atoms with van der Waals surface area (Å²) in [6.07, 6.45) is -0.236. The lowest BCUT2D eigenvalue weighted by atomic mass is 9.96. The zero-order chi connectivity index (χ0) is 12.9. The molecule has 2 atom stereocenters. The van der Waals surface area contributed by atoms with E-state index in [-0.39, 0.29) is 12.8 Å². The van der Waals surface area contributed by atoms with Crippen molar-refractivity contribution in [2.45, 2.75) is 30.7 Å². The highest BCUT2D eigenvalue weighted by Gasteiger charge is 2.43. The Hall–Kier alpha value is -1.74. The van der Waals surface area contributed by atoms with Crippen LogP contribution in [0.5, 0.6) is 0 Å². The molecule has 0 aromatic carbocycles. The van der Waals surface area contributed by atoms with Crippen molar-refractivity contribution >= 4 is 12.3 Å². The number of carbonyl (C=O) groups excluding carboxylic acids is 1. The SMILES string of the molecule is COC(C=O)C1(CC[C@H](N)C(=O)O)N=NN=N1. The molecule has 0 saturated carbocycles. The van der Waals surface area contributed by atoms with Gasteiger partial charge in [0.15, 0.2) is 12.4 Å². The Balaban J connectivity index is 2.73. The van der Waals surface area contributed by atoms with Gasteiger partial charge in [0.1, 0.15) is 6.04 Å². The summed E-state index contributed by atoms with van der Waals surface area (Å²) < 4.78 is 4.92. The molecule has 94 valence electrons. The van der Waals surface area contributed by atoms with Gasteiger partial charge in [-0.1, -0.05) is 0 Å². The maximum Gasteiger partial charge on any atom is 0.320 e. The van der Waals surface area contributed by atoms with Crippen LogP contribution >= 0.6 is 0 Å². The summed E-state index contributed by atoms with van der Waals surface area (Å²) in [6.45, 7) is 0. The van der Waals surface area contributed by atoms with Crippen LogP contribution in [0, 0.1) is 0 Å². The molecule has 1 aliphatic heterocycles. The second-order valence-electron chi connectivity index (χ2n) is 3.53.